The summed E-state index contributed by atoms with van der Waals surface area (Å²) in [5.41, 5.74) is 6.61. The molecule has 0 amide bonds. The van der Waals surface area contributed by atoms with Crippen molar-refractivity contribution < 1.29 is 14.4 Å². The lowest BCUT2D eigenvalue weighted by Crippen LogP contribution is -2.43. The van der Waals surface area contributed by atoms with Gasteiger partial charge in [0, 0.05) is 0 Å². The molecule has 0 heterocycles. The van der Waals surface area contributed by atoms with Crippen molar-refractivity contribution in [1.82, 2.24) is 5.48 Å². The first-order chi connectivity index (χ1) is 7.79. The molecule has 0 saturated heterocycles. The molecule has 0 aliphatic heterocycles. The third-order valence-corrected chi connectivity index (χ3v) is 2.46. The summed E-state index contributed by atoms with van der Waals surface area (Å²) < 4.78 is 13.2. The minimum Gasteiger partial charge on any atom is -0.319 e. The fourth-order valence-corrected chi connectivity index (χ4v) is 0.999. The van der Waals surface area contributed by atoms with Gasteiger partial charge in [-0.1, -0.05) is 6.08 Å². The zero-order chi connectivity index (χ0) is 13.5. The highest BCUT2D eigenvalue weighted by molar-refractivity contribution is 5.85. The second-order valence-corrected chi connectivity index (χ2v) is 4.18. The van der Waals surface area contributed by atoms with Gasteiger partial charge in [-0.15, -0.1) is 0 Å². The van der Waals surface area contributed by atoms with Crippen LogP contribution in [0.15, 0.2) is 16.9 Å². The number of amidine groups is 1. The maximum atomic E-state index is 13.2. The highest BCUT2D eigenvalue weighted by atomic mass is 19.1. The van der Waals surface area contributed by atoms with Gasteiger partial charge in [0.25, 0.3) is 0 Å². The van der Waals surface area contributed by atoms with Crippen LogP contribution in [0.4, 0.5) is 4.39 Å². The van der Waals surface area contributed by atoms with E-state index in [2.05, 4.69) is 4.99 Å². The Morgan fingerprint density at radius 3 is 2.65 bits per heavy atom. The maximum Gasteiger partial charge on any atom is 0.149 e. The van der Waals surface area contributed by atoms with Crippen LogP contribution in [0.25, 0.3) is 0 Å². The minimum atomic E-state index is -0.914. The lowest BCUT2D eigenvalue weighted by Gasteiger charge is -2.19. The number of allylic oxidation sites excluding steroid dienone is 1. The number of hydroxylamine groups is 1. The molecule has 0 spiro atoms. The van der Waals surface area contributed by atoms with E-state index in [1.807, 2.05) is 5.48 Å². The predicted molar refractivity (Wildman–Crippen MR) is 64.6 cm³/mol. The number of nitrogens with zero attached hydrogens (tertiary/aromatic N) is 1. The van der Waals surface area contributed by atoms with Crippen molar-refractivity contribution >= 4 is 11.6 Å². The third-order valence-electron chi connectivity index (χ3n) is 2.46. The van der Waals surface area contributed by atoms with Gasteiger partial charge in [-0.2, -0.15) is 0 Å². The van der Waals surface area contributed by atoms with E-state index >= 15 is 0 Å². The van der Waals surface area contributed by atoms with Crippen molar-refractivity contribution in [3.63, 3.8) is 0 Å². The van der Waals surface area contributed by atoms with Gasteiger partial charge >= 0.3 is 0 Å². The third kappa shape index (κ3) is 6.80. The highest BCUT2D eigenvalue weighted by Crippen LogP contribution is 2.12. The van der Waals surface area contributed by atoms with E-state index in [1.54, 1.807) is 6.92 Å². The number of nitrogens with one attached hydrogen (secondary N) is 1. The van der Waals surface area contributed by atoms with Crippen LogP contribution in [-0.4, -0.2) is 28.9 Å². The van der Waals surface area contributed by atoms with Gasteiger partial charge in [0.1, 0.15) is 17.4 Å². The Morgan fingerprint density at radius 2 is 2.18 bits per heavy atom. The maximum absolute atomic E-state index is 13.2. The molecule has 0 aromatic carbocycles. The van der Waals surface area contributed by atoms with Crippen LogP contribution in [-0.2, 0) is 4.79 Å². The number of carbonyl (C=O) groups excluding carboxylic acids is 1. The molecular formula is C11H20FN3O2. The predicted octanol–water partition coefficient (Wildman–Crippen LogP) is 1.32. The SMILES string of the molecule is CC(=O)[C@@](C)(N)CC/C=C(/F)CN=C(C)NO. The molecule has 0 unspecified atom stereocenters. The number of hydrogen-bond acceptors (Lipinski definition) is 4. The fourth-order valence-electron chi connectivity index (χ4n) is 0.999. The monoisotopic (exact) mass is 245 g/mol. The van der Waals surface area contributed by atoms with E-state index in [1.165, 1.54) is 19.9 Å². The lowest BCUT2D eigenvalue weighted by atomic mass is 9.93. The van der Waals surface area contributed by atoms with E-state index in [-0.39, 0.29) is 18.2 Å². The number of aliphatic imine (C=N–C) groups is 1. The van der Waals surface area contributed by atoms with Crippen molar-refractivity contribution in [1.29, 1.82) is 0 Å². The first-order valence-corrected chi connectivity index (χ1v) is 5.35. The highest BCUT2D eigenvalue weighted by Gasteiger charge is 2.22. The molecule has 5 nitrogen and oxygen atoms in total. The topological polar surface area (TPSA) is 87.7 Å². The standard InChI is InChI=1S/C11H20FN3O2/c1-8(16)11(3,13)6-4-5-10(12)7-14-9(2)15-17/h5,17H,4,6-7,13H2,1-3H3,(H,14,15)/b10-5+/t11-/m0/s1. The zero-order valence-electron chi connectivity index (χ0n) is 10.5. The Kier molecular flexibility index (Phi) is 6.60. The summed E-state index contributed by atoms with van der Waals surface area (Å²) in [7, 11) is 0. The average Bonchev–Trinajstić information content (AvgIpc) is 2.25. The molecule has 0 aliphatic rings. The van der Waals surface area contributed by atoms with Crippen molar-refractivity contribution in [3.8, 4) is 0 Å². The normalized spacial score (nSPS) is 16.6. The number of Topliss-reactive ketones (excluding diaryl/α,β-unsaturated/α-hetero) is 1. The van der Waals surface area contributed by atoms with Gasteiger partial charge in [0.05, 0.1) is 12.1 Å². The van der Waals surface area contributed by atoms with Gasteiger partial charge in [0.2, 0.25) is 0 Å². The number of nitrogens with two attached hydrogens (primary N) is 1. The Labute approximate surface area is 101 Å². The molecule has 98 valence electrons. The molecular weight excluding hydrogens is 225 g/mol. The molecule has 6 heteroatoms. The Morgan fingerprint density at radius 1 is 1.59 bits per heavy atom. The fraction of sp³-hybridized carbons (Fsp3) is 0.636. The quantitative estimate of drug-likeness (QED) is 0.374. The summed E-state index contributed by atoms with van der Waals surface area (Å²) >= 11 is 0. The Bertz CT molecular complexity index is 325. The van der Waals surface area contributed by atoms with Crippen molar-refractivity contribution in [2.45, 2.75) is 39.2 Å². The number of rotatable bonds is 6. The van der Waals surface area contributed by atoms with E-state index in [4.69, 9.17) is 10.9 Å². The van der Waals surface area contributed by atoms with Crippen LogP contribution in [0, 0.1) is 0 Å². The second kappa shape index (κ2) is 7.13. The van der Waals surface area contributed by atoms with Crippen LogP contribution in [0.3, 0.4) is 0 Å². The smallest absolute Gasteiger partial charge is 0.149 e. The molecule has 0 saturated carbocycles. The lowest BCUT2D eigenvalue weighted by molar-refractivity contribution is -0.121. The van der Waals surface area contributed by atoms with Gasteiger partial charge in [-0.25, -0.2) is 4.39 Å². The van der Waals surface area contributed by atoms with Crippen LogP contribution < -0.4 is 11.2 Å². The van der Waals surface area contributed by atoms with Gasteiger partial charge in [0.15, 0.2) is 0 Å². The van der Waals surface area contributed by atoms with Gasteiger partial charge in [-0.05, 0) is 33.6 Å². The van der Waals surface area contributed by atoms with Crippen LogP contribution in [0.1, 0.15) is 33.6 Å². The number of halogens is 1. The first-order valence-electron chi connectivity index (χ1n) is 5.35. The molecule has 0 fully saturated rings. The summed E-state index contributed by atoms with van der Waals surface area (Å²) in [5.74, 6) is -0.301. The van der Waals surface area contributed by atoms with Crippen molar-refractivity contribution in [3.05, 3.63) is 11.9 Å². The Hall–Kier alpha value is -1.27. The van der Waals surface area contributed by atoms with Crippen molar-refractivity contribution in [2.75, 3.05) is 6.54 Å². The molecule has 0 aromatic heterocycles. The van der Waals surface area contributed by atoms with E-state index < -0.39 is 11.4 Å². The van der Waals surface area contributed by atoms with E-state index in [0.29, 0.717) is 12.8 Å². The molecule has 0 radical (unpaired) electrons. The molecule has 1 atom stereocenters. The molecule has 0 rings (SSSR count). The average molecular weight is 245 g/mol. The molecule has 0 bridgehead atoms. The number of hydrogen-bond donors (Lipinski definition) is 3. The van der Waals surface area contributed by atoms with Crippen LogP contribution >= 0.6 is 0 Å². The number of carbonyl (C=O) groups is 1. The summed E-state index contributed by atoms with van der Waals surface area (Å²) in [6.07, 6.45) is 2.11. The molecule has 4 N–H and O–H groups in total. The minimum absolute atomic E-state index is 0.121. The van der Waals surface area contributed by atoms with Crippen molar-refractivity contribution in [2.24, 2.45) is 10.7 Å². The van der Waals surface area contributed by atoms with Gasteiger partial charge in [-0.3, -0.25) is 20.5 Å². The summed E-state index contributed by atoms with van der Waals surface area (Å²) in [5, 5.41) is 8.41. The summed E-state index contributed by atoms with van der Waals surface area (Å²) in [4.78, 5) is 14.8. The molecule has 17 heavy (non-hydrogen) atoms. The molecule has 0 aromatic rings. The summed E-state index contributed by atoms with van der Waals surface area (Å²) in [6, 6.07) is 0. The second-order valence-electron chi connectivity index (χ2n) is 4.18. The number of ketones is 1. The van der Waals surface area contributed by atoms with E-state index in [0.717, 1.165) is 0 Å². The zero-order valence-corrected chi connectivity index (χ0v) is 10.5. The Balaban J connectivity index is 4.13. The molecule has 0 aliphatic carbocycles. The summed E-state index contributed by atoms with van der Waals surface area (Å²) in [6.45, 7) is 4.42. The van der Waals surface area contributed by atoms with Gasteiger partial charge < -0.3 is 5.73 Å². The van der Waals surface area contributed by atoms with Crippen LogP contribution in [0.2, 0.25) is 0 Å². The van der Waals surface area contributed by atoms with E-state index in [9.17, 15) is 9.18 Å². The largest absolute Gasteiger partial charge is 0.319 e. The van der Waals surface area contributed by atoms with Crippen LogP contribution in [0.5, 0.6) is 0 Å². The first kappa shape index (κ1) is 15.7.